The molecule has 0 bridgehead atoms. The second-order valence-corrected chi connectivity index (χ2v) is 5.47. The Hall–Kier alpha value is -2.96. The summed E-state index contributed by atoms with van der Waals surface area (Å²) in [6.45, 7) is 6.75. The van der Waals surface area contributed by atoms with Crippen molar-refractivity contribution in [2.45, 2.75) is 33.8 Å². The van der Waals surface area contributed by atoms with Crippen LogP contribution in [-0.2, 0) is 9.47 Å². The van der Waals surface area contributed by atoms with Crippen LogP contribution in [0.4, 0.5) is 0 Å². The first-order valence-corrected chi connectivity index (χ1v) is 7.89. The predicted octanol–water partition coefficient (Wildman–Crippen LogP) is 2.63. The van der Waals surface area contributed by atoms with Crippen molar-refractivity contribution < 1.29 is 23.9 Å². The van der Waals surface area contributed by atoms with Gasteiger partial charge in [0.1, 0.15) is 5.69 Å². The number of aryl methyl sites for hydroxylation is 1. The molecule has 132 valence electrons. The molecule has 0 amide bonds. The number of hydrogen-bond acceptors (Lipinski definition) is 6. The fraction of sp³-hybridized carbons (Fsp3) is 0.333. The topological polar surface area (TPSA) is 98.4 Å². The van der Waals surface area contributed by atoms with E-state index in [-0.39, 0.29) is 18.0 Å². The number of esters is 2. The highest BCUT2D eigenvalue weighted by Gasteiger charge is 2.27. The molecule has 0 aliphatic rings. The lowest BCUT2D eigenvalue weighted by atomic mass is 10.1. The van der Waals surface area contributed by atoms with E-state index in [1.807, 2.05) is 0 Å². The summed E-state index contributed by atoms with van der Waals surface area (Å²) >= 11 is 0. The lowest BCUT2D eigenvalue weighted by Crippen LogP contribution is -2.25. The van der Waals surface area contributed by atoms with Crippen molar-refractivity contribution in [2.75, 3.05) is 6.61 Å². The quantitative estimate of drug-likeness (QED) is 0.639. The van der Waals surface area contributed by atoms with Crippen molar-refractivity contribution in [3.63, 3.8) is 0 Å². The first-order chi connectivity index (χ1) is 11.9. The fourth-order valence-corrected chi connectivity index (χ4v) is 2.47. The summed E-state index contributed by atoms with van der Waals surface area (Å²) < 4.78 is 10.2. The number of carbonyl (C=O) groups excluding carboxylic acids is 3. The summed E-state index contributed by atoms with van der Waals surface area (Å²) in [5.41, 5.74) is 1.67. The van der Waals surface area contributed by atoms with Gasteiger partial charge in [-0.25, -0.2) is 14.6 Å². The van der Waals surface area contributed by atoms with E-state index in [0.29, 0.717) is 16.8 Å². The van der Waals surface area contributed by atoms with Crippen molar-refractivity contribution in [2.24, 2.45) is 0 Å². The highest BCUT2D eigenvalue weighted by Crippen LogP contribution is 2.21. The Morgan fingerprint density at radius 2 is 1.92 bits per heavy atom. The summed E-state index contributed by atoms with van der Waals surface area (Å²) in [5, 5.41) is 0. The number of pyridine rings is 1. The van der Waals surface area contributed by atoms with Crippen molar-refractivity contribution in [3.05, 3.63) is 52.6 Å². The molecule has 0 aromatic carbocycles. The maximum absolute atomic E-state index is 12.6. The summed E-state index contributed by atoms with van der Waals surface area (Å²) in [7, 11) is 0. The molecule has 2 heterocycles. The second-order valence-electron chi connectivity index (χ2n) is 5.47. The van der Waals surface area contributed by atoms with Gasteiger partial charge in [-0.15, -0.1) is 0 Å². The average Bonchev–Trinajstić information content (AvgIpc) is 2.89. The van der Waals surface area contributed by atoms with E-state index in [4.69, 9.17) is 9.47 Å². The largest absolute Gasteiger partial charge is 0.462 e. The molecule has 0 fully saturated rings. The summed E-state index contributed by atoms with van der Waals surface area (Å²) in [4.78, 5) is 43.4. The van der Waals surface area contributed by atoms with Crippen LogP contribution in [0.1, 0.15) is 56.4 Å². The van der Waals surface area contributed by atoms with E-state index in [0.717, 1.165) is 0 Å². The third-order valence-corrected chi connectivity index (χ3v) is 3.69. The van der Waals surface area contributed by atoms with Crippen LogP contribution in [-0.4, -0.2) is 40.4 Å². The first kappa shape index (κ1) is 18.4. The molecule has 1 N–H and O–H groups in total. The zero-order valence-electron chi connectivity index (χ0n) is 14.6. The Labute approximate surface area is 145 Å². The van der Waals surface area contributed by atoms with Crippen molar-refractivity contribution >= 4 is 17.7 Å². The molecule has 1 unspecified atom stereocenters. The van der Waals surface area contributed by atoms with Crippen molar-refractivity contribution in [1.82, 2.24) is 9.97 Å². The minimum Gasteiger partial charge on any atom is -0.462 e. The number of aromatic amines is 1. The number of Topliss-reactive ketones (excluding diaryl/α,β-unsaturated/α-hetero) is 1. The number of H-pyrrole nitrogens is 1. The number of hydrogen-bond donors (Lipinski definition) is 1. The first-order valence-electron chi connectivity index (χ1n) is 7.89. The Bertz CT molecular complexity index is 795. The normalized spacial score (nSPS) is 11.7. The van der Waals surface area contributed by atoms with Gasteiger partial charge >= 0.3 is 11.9 Å². The molecule has 0 saturated carbocycles. The van der Waals surface area contributed by atoms with Crippen molar-refractivity contribution in [3.8, 4) is 0 Å². The van der Waals surface area contributed by atoms with Gasteiger partial charge in [-0.2, -0.15) is 0 Å². The molecule has 0 aliphatic heterocycles. The zero-order chi connectivity index (χ0) is 18.6. The lowest BCUT2D eigenvalue weighted by Gasteiger charge is -2.11. The van der Waals surface area contributed by atoms with E-state index in [1.54, 1.807) is 32.9 Å². The van der Waals surface area contributed by atoms with Gasteiger partial charge in [0.2, 0.25) is 5.78 Å². The smallest absolute Gasteiger partial charge is 0.357 e. The lowest BCUT2D eigenvalue weighted by molar-refractivity contribution is 0.0311. The minimum atomic E-state index is -1.03. The highest BCUT2D eigenvalue weighted by molar-refractivity contribution is 6.04. The van der Waals surface area contributed by atoms with Crippen LogP contribution >= 0.6 is 0 Å². The van der Waals surface area contributed by atoms with Crippen LogP contribution < -0.4 is 0 Å². The van der Waals surface area contributed by atoms with Gasteiger partial charge < -0.3 is 14.5 Å². The standard InChI is InChI=1S/C18H20N2O5/c1-5-24-18(23)14-10(2)15(20-11(14)3)16(21)12(4)25-17(22)13-8-6-7-9-19-13/h6-9,12,20H,5H2,1-4H3. The number of carbonyl (C=O) groups is 3. The SMILES string of the molecule is CCOC(=O)c1c(C)[nH]c(C(=O)C(C)OC(=O)c2ccccn2)c1C. The number of ketones is 1. The Morgan fingerprint density at radius 1 is 1.20 bits per heavy atom. The van der Waals surface area contributed by atoms with E-state index in [2.05, 4.69) is 9.97 Å². The molecule has 0 spiro atoms. The molecular formula is C18H20N2O5. The van der Waals surface area contributed by atoms with Crippen LogP contribution in [0.15, 0.2) is 24.4 Å². The third-order valence-electron chi connectivity index (χ3n) is 3.69. The molecule has 1 atom stereocenters. The second kappa shape index (κ2) is 7.74. The van der Waals surface area contributed by atoms with Gasteiger partial charge in [0, 0.05) is 11.9 Å². The van der Waals surface area contributed by atoms with E-state index >= 15 is 0 Å². The molecule has 0 saturated heterocycles. The van der Waals surface area contributed by atoms with Gasteiger partial charge in [-0.05, 0) is 45.4 Å². The molecule has 2 aromatic heterocycles. The van der Waals surface area contributed by atoms with Crippen LogP contribution in [0.5, 0.6) is 0 Å². The van der Waals surface area contributed by atoms with Crippen LogP contribution in [0.2, 0.25) is 0 Å². The van der Waals surface area contributed by atoms with Gasteiger partial charge in [-0.1, -0.05) is 6.07 Å². The molecule has 0 aliphatic carbocycles. The Balaban J connectivity index is 2.19. The summed E-state index contributed by atoms with van der Waals surface area (Å²) in [5.74, 6) is -1.61. The number of nitrogens with zero attached hydrogens (tertiary/aromatic N) is 1. The molecule has 2 rings (SSSR count). The molecule has 7 heteroatoms. The van der Waals surface area contributed by atoms with Gasteiger partial charge in [0.05, 0.1) is 17.9 Å². The molecule has 0 radical (unpaired) electrons. The van der Waals surface area contributed by atoms with Crippen LogP contribution in [0, 0.1) is 13.8 Å². The molecule has 25 heavy (non-hydrogen) atoms. The summed E-state index contributed by atoms with van der Waals surface area (Å²) in [6, 6.07) is 4.83. The molecule has 2 aromatic rings. The predicted molar refractivity (Wildman–Crippen MR) is 89.7 cm³/mol. The number of rotatable bonds is 6. The zero-order valence-corrected chi connectivity index (χ0v) is 14.6. The number of aromatic nitrogens is 2. The highest BCUT2D eigenvalue weighted by atomic mass is 16.5. The molecular weight excluding hydrogens is 324 g/mol. The number of nitrogens with one attached hydrogen (secondary N) is 1. The van der Waals surface area contributed by atoms with E-state index in [1.165, 1.54) is 19.2 Å². The van der Waals surface area contributed by atoms with Gasteiger partial charge in [-0.3, -0.25) is 4.79 Å². The third kappa shape index (κ3) is 3.93. The maximum atomic E-state index is 12.6. The minimum absolute atomic E-state index is 0.119. The van der Waals surface area contributed by atoms with E-state index in [9.17, 15) is 14.4 Å². The maximum Gasteiger partial charge on any atom is 0.357 e. The van der Waals surface area contributed by atoms with E-state index < -0.39 is 23.8 Å². The number of ether oxygens (including phenoxy) is 2. The van der Waals surface area contributed by atoms with Gasteiger partial charge in [0.15, 0.2) is 6.10 Å². The fourth-order valence-electron chi connectivity index (χ4n) is 2.47. The van der Waals surface area contributed by atoms with Gasteiger partial charge in [0.25, 0.3) is 0 Å². The molecule has 7 nitrogen and oxygen atoms in total. The van der Waals surface area contributed by atoms with Crippen LogP contribution in [0.3, 0.4) is 0 Å². The summed E-state index contributed by atoms with van der Waals surface area (Å²) in [6.07, 6.45) is 0.439. The average molecular weight is 344 g/mol. The Kier molecular flexibility index (Phi) is 5.69. The van der Waals surface area contributed by atoms with Crippen molar-refractivity contribution in [1.29, 1.82) is 0 Å². The monoisotopic (exact) mass is 344 g/mol. The van der Waals surface area contributed by atoms with Crippen LogP contribution in [0.25, 0.3) is 0 Å². The Morgan fingerprint density at radius 3 is 2.52 bits per heavy atom.